The zero-order valence-corrected chi connectivity index (χ0v) is 14.7. The Kier molecular flexibility index (Phi) is 3.62. The van der Waals surface area contributed by atoms with Crippen LogP contribution < -0.4 is 9.62 Å². The molecule has 3 heterocycles. The van der Waals surface area contributed by atoms with Crippen molar-refractivity contribution in [1.82, 2.24) is 5.16 Å². The minimum Gasteiger partial charge on any atom is -0.356 e. The van der Waals surface area contributed by atoms with Crippen molar-refractivity contribution in [3.8, 4) is 11.3 Å². The third-order valence-corrected chi connectivity index (χ3v) is 6.94. The molecule has 1 N–H and O–H groups in total. The zero-order valence-electron chi connectivity index (χ0n) is 13.1. The number of hydrogen-bond acceptors (Lipinski definition) is 6. The molecule has 0 fully saturated rings. The van der Waals surface area contributed by atoms with Crippen LogP contribution in [0.15, 0.2) is 50.5 Å². The van der Waals surface area contributed by atoms with Gasteiger partial charge in [0.25, 0.3) is 10.0 Å². The number of nitrogens with one attached hydrogen (secondary N) is 1. The van der Waals surface area contributed by atoms with Crippen LogP contribution in [0.4, 0.5) is 11.4 Å². The second-order valence-electron chi connectivity index (χ2n) is 5.56. The van der Waals surface area contributed by atoms with Crippen molar-refractivity contribution in [2.45, 2.75) is 11.1 Å². The molecule has 9 heteroatoms. The Morgan fingerprint density at radius 3 is 2.84 bits per heavy atom. The van der Waals surface area contributed by atoms with Crippen LogP contribution in [0.2, 0.25) is 0 Å². The molecule has 2 aromatic heterocycles. The highest BCUT2D eigenvalue weighted by Crippen LogP contribution is 2.36. The van der Waals surface area contributed by atoms with Crippen LogP contribution in [-0.2, 0) is 14.8 Å². The van der Waals surface area contributed by atoms with Crippen LogP contribution in [0.3, 0.4) is 0 Å². The second kappa shape index (κ2) is 5.71. The van der Waals surface area contributed by atoms with Gasteiger partial charge in [-0.25, -0.2) is 8.42 Å². The van der Waals surface area contributed by atoms with E-state index in [9.17, 15) is 13.2 Å². The van der Waals surface area contributed by atoms with Gasteiger partial charge in [-0.2, -0.15) is 0 Å². The number of thiophene rings is 1. The molecule has 1 aromatic carbocycles. The van der Waals surface area contributed by atoms with Gasteiger partial charge in [0.2, 0.25) is 5.91 Å². The maximum Gasteiger partial charge on any atom is 0.274 e. The normalized spacial score (nSPS) is 14.3. The van der Waals surface area contributed by atoms with E-state index in [1.165, 1.54) is 6.07 Å². The average molecular weight is 375 g/mol. The summed E-state index contributed by atoms with van der Waals surface area (Å²) >= 11 is 1.08. The minimum atomic E-state index is -3.86. The molecular formula is C16H13N3O4S2. The first-order valence-electron chi connectivity index (χ1n) is 7.39. The van der Waals surface area contributed by atoms with E-state index in [0.29, 0.717) is 28.4 Å². The topological polar surface area (TPSA) is 92.5 Å². The molecule has 7 nitrogen and oxygen atoms in total. The molecule has 1 aliphatic rings. The average Bonchev–Trinajstić information content (AvgIpc) is 3.23. The van der Waals surface area contributed by atoms with E-state index in [0.717, 1.165) is 15.6 Å². The maximum atomic E-state index is 13.1. The van der Waals surface area contributed by atoms with Crippen LogP contribution in [-0.4, -0.2) is 26.0 Å². The lowest BCUT2D eigenvalue weighted by atomic mass is 10.2. The van der Waals surface area contributed by atoms with E-state index in [-0.39, 0.29) is 16.7 Å². The summed E-state index contributed by atoms with van der Waals surface area (Å²) in [4.78, 5) is 11.9. The van der Waals surface area contributed by atoms with Crippen molar-refractivity contribution in [3.05, 3.63) is 47.5 Å². The number of carbonyl (C=O) groups excluding carboxylic acids is 1. The van der Waals surface area contributed by atoms with Crippen LogP contribution in [0.5, 0.6) is 0 Å². The third kappa shape index (κ3) is 2.71. The number of sulfonamides is 1. The molecule has 0 unspecified atom stereocenters. The summed E-state index contributed by atoms with van der Waals surface area (Å²) in [5.74, 6) is 0.136. The first kappa shape index (κ1) is 15.9. The van der Waals surface area contributed by atoms with Gasteiger partial charge in [-0.15, -0.1) is 11.3 Å². The van der Waals surface area contributed by atoms with Crippen LogP contribution in [0.1, 0.15) is 5.69 Å². The predicted molar refractivity (Wildman–Crippen MR) is 94.2 cm³/mol. The Hall–Kier alpha value is -2.65. The minimum absolute atomic E-state index is 0.140. The maximum absolute atomic E-state index is 13.1. The van der Waals surface area contributed by atoms with Gasteiger partial charge in [0, 0.05) is 17.0 Å². The molecule has 0 bridgehead atoms. The molecule has 1 amide bonds. The number of rotatable bonds is 3. The molecule has 128 valence electrons. The first-order valence-corrected chi connectivity index (χ1v) is 9.71. The Bertz CT molecular complexity index is 1070. The van der Waals surface area contributed by atoms with Gasteiger partial charge >= 0.3 is 0 Å². The molecule has 25 heavy (non-hydrogen) atoms. The van der Waals surface area contributed by atoms with Gasteiger partial charge in [0.15, 0.2) is 5.76 Å². The van der Waals surface area contributed by atoms with Crippen LogP contribution in [0.25, 0.3) is 11.3 Å². The van der Waals surface area contributed by atoms with Crippen molar-refractivity contribution in [1.29, 1.82) is 0 Å². The number of hydrogen-bond donors (Lipinski definition) is 1. The SMILES string of the molecule is Cc1cc(-c2csc(S(=O)(=O)N3CC(=O)Nc4ccccc43)c2)on1. The molecule has 0 saturated heterocycles. The molecule has 0 radical (unpaired) electrons. The number of fused-ring (bicyclic) bond motifs is 1. The summed E-state index contributed by atoms with van der Waals surface area (Å²) in [6.07, 6.45) is 0. The Labute approximate surface area is 147 Å². The van der Waals surface area contributed by atoms with E-state index in [1.807, 2.05) is 0 Å². The number of para-hydroxylation sites is 2. The fourth-order valence-corrected chi connectivity index (χ4v) is 5.33. The van der Waals surface area contributed by atoms with Crippen molar-refractivity contribution >= 4 is 38.6 Å². The molecule has 3 aromatic rings. The monoisotopic (exact) mass is 375 g/mol. The largest absolute Gasteiger partial charge is 0.356 e. The second-order valence-corrected chi connectivity index (χ2v) is 8.56. The van der Waals surface area contributed by atoms with Crippen LogP contribution >= 0.6 is 11.3 Å². The number of aromatic nitrogens is 1. The lowest BCUT2D eigenvalue weighted by molar-refractivity contribution is -0.115. The summed E-state index contributed by atoms with van der Waals surface area (Å²) in [6.45, 7) is 1.54. The van der Waals surface area contributed by atoms with Crippen LogP contribution in [0, 0.1) is 6.92 Å². The standard InChI is InChI=1S/C16H13N3O4S2/c1-10-6-14(23-18-10)11-7-16(24-9-11)25(21,22)19-8-15(20)17-12-4-2-3-5-13(12)19/h2-7,9H,8H2,1H3,(H,17,20). The van der Waals surface area contributed by atoms with E-state index < -0.39 is 10.0 Å². The summed E-state index contributed by atoms with van der Waals surface area (Å²) in [5, 5.41) is 8.19. The summed E-state index contributed by atoms with van der Waals surface area (Å²) in [5.41, 5.74) is 2.28. The molecule has 0 aliphatic carbocycles. The lowest BCUT2D eigenvalue weighted by Gasteiger charge is -2.29. The van der Waals surface area contributed by atoms with E-state index >= 15 is 0 Å². The number of benzene rings is 1. The number of nitrogens with zero attached hydrogens (tertiary/aromatic N) is 2. The van der Waals surface area contributed by atoms with Crippen molar-refractivity contribution in [3.63, 3.8) is 0 Å². The quantitative estimate of drug-likeness (QED) is 0.760. The van der Waals surface area contributed by atoms with Gasteiger partial charge in [-0.1, -0.05) is 17.3 Å². The van der Waals surface area contributed by atoms with Gasteiger partial charge in [0.1, 0.15) is 10.8 Å². The molecule has 0 spiro atoms. The first-order chi connectivity index (χ1) is 11.9. The van der Waals surface area contributed by atoms with Gasteiger partial charge in [-0.05, 0) is 25.1 Å². The number of aryl methyl sites for hydroxylation is 1. The van der Waals surface area contributed by atoms with Crippen molar-refractivity contribution in [2.75, 3.05) is 16.2 Å². The fourth-order valence-electron chi connectivity index (χ4n) is 2.61. The molecule has 0 saturated carbocycles. The smallest absolute Gasteiger partial charge is 0.274 e. The van der Waals surface area contributed by atoms with E-state index in [2.05, 4.69) is 10.5 Å². The van der Waals surface area contributed by atoms with Crippen molar-refractivity contribution in [2.24, 2.45) is 0 Å². The Morgan fingerprint density at radius 1 is 1.28 bits per heavy atom. The fraction of sp³-hybridized carbons (Fsp3) is 0.125. The number of amides is 1. The molecule has 0 atom stereocenters. The van der Waals surface area contributed by atoms with Gasteiger partial charge < -0.3 is 9.84 Å². The molecule has 4 rings (SSSR count). The highest BCUT2D eigenvalue weighted by atomic mass is 32.2. The summed E-state index contributed by atoms with van der Waals surface area (Å²) < 4.78 is 32.6. The van der Waals surface area contributed by atoms with E-state index in [1.54, 1.807) is 42.6 Å². The Morgan fingerprint density at radius 2 is 2.08 bits per heavy atom. The predicted octanol–water partition coefficient (Wildman–Crippen LogP) is 2.86. The Balaban J connectivity index is 1.76. The zero-order chi connectivity index (χ0) is 17.6. The number of anilines is 2. The van der Waals surface area contributed by atoms with Gasteiger partial charge in [0.05, 0.1) is 17.1 Å². The third-order valence-electron chi connectivity index (χ3n) is 3.77. The lowest BCUT2D eigenvalue weighted by Crippen LogP contribution is -2.41. The van der Waals surface area contributed by atoms with E-state index in [4.69, 9.17) is 4.52 Å². The van der Waals surface area contributed by atoms with Gasteiger partial charge in [-0.3, -0.25) is 9.10 Å². The number of carbonyl (C=O) groups is 1. The highest BCUT2D eigenvalue weighted by Gasteiger charge is 2.33. The summed E-state index contributed by atoms with van der Waals surface area (Å²) in [6, 6.07) is 10.1. The van der Waals surface area contributed by atoms with Crippen molar-refractivity contribution < 1.29 is 17.7 Å². The highest BCUT2D eigenvalue weighted by molar-refractivity contribution is 7.94. The molecule has 1 aliphatic heterocycles. The molecular weight excluding hydrogens is 362 g/mol. The summed E-state index contributed by atoms with van der Waals surface area (Å²) in [7, 11) is -3.86.